The predicted octanol–water partition coefficient (Wildman–Crippen LogP) is 6.32. The first kappa shape index (κ1) is 18.9. The molecular formula is C28H23OP. The van der Waals surface area contributed by atoms with Crippen LogP contribution in [0, 0.1) is 6.92 Å². The Bertz CT molecular complexity index is 1270. The molecule has 1 nitrogen and oxygen atoms in total. The lowest BCUT2D eigenvalue weighted by molar-refractivity contribution is 0.590. The highest BCUT2D eigenvalue weighted by Gasteiger charge is 2.42. The van der Waals surface area contributed by atoms with Crippen LogP contribution in [0.15, 0.2) is 115 Å². The molecule has 5 rings (SSSR count). The van der Waals surface area contributed by atoms with E-state index in [1.54, 1.807) is 0 Å². The van der Waals surface area contributed by atoms with E-state index in [0.717, 1.165) is 32.6 Å². The number of rotatable bonds is 4. The lowest BCUT2D eigenvalue weighted by Gasteiger charge is -2.19. The summed E-state index contributed by atoms with van der Waals surface area (Å²) < 4.78 is 15.0. The van der Waals surface area contributed by atoms with Gasteiger partial charge < -0.3 is 4.57 Å². The van der Waals surface area contributed by atoms with Crippen molar-refractivity contribution in [2.75, 3.05) is 0 Å². The first-order valence-corrected chi connectivity index (χ1v) is 12.0. The third-order valence-corrected chi connectivity index (χ3v) is 9.09. The minimum absolute atomic E-state index is 0.672. The van der Waals surface area contributed by atoms with Crippen molar-refractivity contribution in [2.24, 2.45) is 0 Å². The van der Waals surface area contributed by atoms with Crippen LogP contribution >= 0.6 is 7.14 Å². The van der Waals surface area contributed by atoms with Crippen LogP contribution in [-0.4, -0.2) is 0 Å². The number of benzene rings is 4. The molecule has 1 heterocycles. The highest BCUT2D eigenvalue weighted by atomic mass is 31.2. The van der Waals surface area contributed by atoms with Crippen LogP contribution in [0.3, 0.4) is 0 Å². The van der Waals surface area contributed by atoms with Crippen LogP contribution in [0.2, 0.25) is 0 Å². The molecule has 0 radical (unpaired) electrons. The Hall–Kier alpha value is -3.15. The Balaban J connectivity index is 1.81. The maximum absolute atomic E-state index is 15.0. The average Bonchev–Trinajstić information content (AvgIpc) is 3.06. The highest BCUT2D eigenvalue weighted by molar-refractivity contribution is 7.83. The van der Waals surface area contributed by atoms with Gasteiger partial charge in [-0.25, -0.2) is 0 Å². The number of aryl methyl sites for hydroxylation is 1. The number of fused-ring (bicyclic) bond motifs is 1. The second kappa shape index (κ2) is 7.59. The van der Waals surface area contributed by atoms with Gasteiger partial charge in [0.15, 0.2) is 7.14 Å². The summed E-state index contributed by atoms with van der Waals surface area (Å²) in [5, 5.41) is 2.90. The van der Waals surface area contributed by atoms with E-state index in [2.05, 4.69) is 61.5 Å². The fourth-order valence-corrected chi connectivity index (χ4v) is 7.64. The molecule has 1 atom stereocenters. The minimum atomic E-state index is -2.94. The highest BCUT2D eigenvalue weighted by Crippen LogP contribution is 2.61. The zero-order valence-electron chi connectivity index (χ0n) is 17.0. The van der Waals surface area contributed by atoms with Crippen molar-refractivity contribution in [3.8, 4) is 0 Å². The van der Waals surface area contributed by atoms with Gasteiger partial charge in [-0.1, -0.05) is 115 Å². The van der Waals surface area contributed by atoms with Gasteiger partial charge in [-0.15, -0.1) is 0 Å². The largest absolute Gasteiger partial charge is 0.309 e. The molecule has 0 saturated carbocycles. The molecule has 0 saturated heterocycles. The molecule has 30 heavy (non-hydrogen) atoms. The molecule has 1 aliphatic heterocycles. The van der Waals surface area contributed by atoms with Crippen LogP contribution < -0.4 is 10.6 Å². The van der Waals surface area contributed by atoms with Gasteiger partial charge in [0.1, 0.15) is 0 Å². The Kier molecular flexibility index (Phi) is 4.77. The van der Waals surface area contributed by atoms with E-state index in [9.17, 15) is 4.57 Å². The van der Waals surface area contributed by atoms with Gasteiger partial charge in [0.2, 0.25) is 0 Å². The molecule has 0 spiro atoms. The normalized spacial score (nSPS) is 17.8. The smallest absolute Gasteiger partial charge is 0.168 e. The van der Waals surface area contributed by atoms with E-state index in [-0.39, 0.29) is 0 Å². The first-order chi connectivity index (χ1) is 14.7. The van der Waals surface area contributed by atoms with Crippen molar-refractivity contribution in [1.29, 1.82) is 0 Å². The minimum Gasteiger partial charge on any atom is -0.309 e. The molecular weight excluding hydrogens is 383 g/mol. The summed E-state index contributed by atoms with van der Waals surface area (Å²) in [4.78, 5) is 0. The van der Waals surface area contributed by atoms with Crippen LogP contribution in [0.5, 0.6) is 0 Å². The lowest BCUT2D eigenvalue weighted by atomic mass is 9.96. The topological polar surface area (TPSA) is 17.1 Å². The summed E-state index contributed by atoms with van der Waals surface area (Å²) in [5.41, 5.74) is 5.77. The lowest BCUT2D eigenvalue weighted by Crippen LogP contribution is -2.16. The number of hydrogen-bond acceptors (Lipinski definition) is 1. The molecule has 0 amide bonds. The number of allylic oxidation sites excluding steroid dienone is 1. The zero-order valence-corrected chi connectivity index (χ0v) is 17.8. The predicted molar refractivity (Wildman–Crippen MR) is 127 cm³/mol. The van der Waals surface area contributed by atoms with Gasteiger partial charge in [-0.2, -0.15) is 0 Å². The molecule has 4 aromatic rings. The molecule has 0 fully saturated rings. The number of hydrogen-bond donors (Lipinski definition) is 0. The van der Waals surface area contributed by atoms with E-state index in [1.165, 1.54) is 11.1 Å². The third-order valence-electron chi connectivity index (χ3n) is 5.86. The van der Waals surface area contributed by atoms with Crippen LogP contribution in [0.1, 0.15) is 22.3 Å². The van der Waals surface area contributed by atoms with Gasteiger partial charge in [0.05, 0.1) is 0 Å². The third kappa shape index (κ3) is 3.07. The van der Waals surface area contributed by atoms with Gasteiger partial charge in [0, 0.05) is 22.3 Å². The molecule has 4 aromatic carbocycles. The maximum atomic E-state index is 15.0. The van der Waals surface area contributed by atoms with Gasteiger partial charge >= 0.3 is 0 Å². The summed E-state index contributed by atoms with van der Waals surface area (Å²) in [6.45, 7) is 2.10. The molecule has 0 N–H and O–H groups in total. The van der Waals surface area contributed by atoms with Crippen LogP contribution in [0.4, 0.5) is 0 Å². The summed E-state index contributed by atoms with van der Waals surface area (Å²) in [6.07, 6.45) is 0.672. The van der Waals surface area contributed by atoms with Crippen molar-refractivity contribution in [3.05, 3.63) is 137 Å². The standard InChI is InChI=1S/C28H23OP/c1-21-16-18-22(19-17-21)20-27-28(23-10-4-2-5-11-23)25-14-8-9-15-26(25)30(27,29)24-12-6-3-7-13-24/h2-19H,20H2,1H3. The Morgan fingerprint density at radius 1 is 0.667 bits per heavy atom. The van der Waals surface area contributed by atoms with E-state index in [4.69, 9.17) is 0 Å². The van der Waals surface area contributed by atoms with Gasteiger partial charge in [-0.3, -0.25) is 0 Å². The summed E-state index contributed by atoms with van der Waals surface area (Å²) in [5.74, 6) is 0. The first-order valence-electron chi connectivity index (χ1n) is 10.3. The second-order valence-corrected chi connectivity index (χ2v) is 10.6. The van der Waals surface area contributed by atoms with E-state index < -0.39 is 7.14 Å². The molecule has 2 heteroatoms. The maximum Gasteiger partial charge on any atom is 0.168 e. The molecule has 0 aliphatic carbocycles. The monoisotopic (exact) mass is 406 g/mol. The molecule has 0 aromatic heterocycles. The van der Waals surface area contributed by atoms with Crippen molar-refractivity contribution >= 4 is 23.3 Å². The molecule has 146 valence electrons. The van der Waals surface area contributed by atoms with Gasteiger partial charge in [0.25, 0.3) is 0 Å². The van der Waals surface area contributed by atoms with Crippen molar-refractivity contribution < 1.29 is 4.57 Å². The summed E-state index contributed by atoms with van der Waals surface area (Å²) in [6, 6.07) is 37.2. The van der Waals surface area contributed by atoms with E-state index in [1.807, 2.05) is 54.6 Å². The summed E-state index contributed by atoms with van der Waals surface area (Å²) in [7, 11) is -2.94. The average molecular weight is 406 g/mol. The zero-order chi connectivity index (χ0) is 20.6. The van der Waals surface area contributed by atoms with Gasteiger partial charge in [-0.05, 0) is 29.2 Å². The SMILES string of the molecule is Cc1ccc(CC2=C(c3ccccc3)c3ccccc3P2(=O)c2ccccc2)cc1. The van der Waals surface area contributed by atoms with Crippen molar-refractivity contribution in [1.82, 2.24) is 0 Å². The second-order valence-electron chi connectivity index (χ2n) is 7.81. The molecule has 0 bridgehead atoms. The fourth-order valence-electron chi connectivity index (χ4n) is 4.38. The van der Waals surface area contributed by atoms with E-state index in [0.29, 0.717) is 6.42 Å². The quantitative estimate of drug-likeness (QED) is 0.362. The molecule has 1 unspecified atom stereocenters. The van der Waals surface area contributed by atoms with E-state index >= 15 is 0 Å². The Labute approximate surface area is 178 Å². The Morgan fingerprint density at radius 3 is 1.97 bits per heavy atom. The van der Waals surface area contributed by atoms with Crippen molar-refractivity contribution in [3.63, 3.8) is 0 Å². The van der Waals surface area contributed by atoms with Crippen LogP contribution in [0.25, 0.3) is 5.57 Å². The fraction of sp³-hybridized carbons (Fsp3) is 0.0714. The Morgan fingerprint density at radius 2 is 1.27 bits per heavy atom. The van der Waals surface area contributed by atoms with Crippen molar-refractivity contribution in [2.45, 2.75) is 13.3 Å². The molecule has 1 aliphatic rings. The van der Waals surface area contributed by atoms with Crippen LogP contribution in [-0.2, 0) is 11.0 Å². The summed E-state index contributed by atoms with van der Waals surface area (Å²) >= 11 is 0.